The number of carbonyl (C=O) groups excluding carboxylic acids is 1. The van der Waals surface area contributed by atoms with Crippen molar-refractivity contribution in [3.8, 4) is 0 Å². The molecule has 18 heavy (non-hydrogen) atoms. The quantitative estimate of drug-likeness (QED) is 0.849. The summed E-state index contributed by atoms with van der Waals surface area (Å²) in [5.41, 5.74) is 0.296. The number of hydrogen-bond acceptors (Lipinski definition) is 6. The Balaban J connectivity index is 1.97. The lowest BCUT2D eigenvalue weighted by Gasteiger charge is -2.05. The number of aromatic nitrogens is 3. The molecule has 0 saturated carbocycles. The third-order valence-corrected chi connectivity index (χ3v) is 2.89. The molecule has 0 aliphatic rings. The molecule has 0 aromatic carbocycles. The summed E-state index contributed by atoms with van der Waals surface area (Å²) in [5.74, 6) is 0.344. The monoisotopic (exact) mass is 263 g/mol. The predicted molar refractivity (Wildman–Crippen MR) is 69.5 cm³/mol. The molecular weight excluding hydrogens is 250 g/mol. The van der Waals surface area contributed by atoms with Crippen LogP contribution in [0, 0.1) is 0 Å². The number of anilines is 1. The van der Waals surface area contributed by atoms with Gasteiger partial charge in [-0.2, -0.15) is 0 Å². The molecule has 0 atom stereocenters. The van der Waals surface area contributed by atoms with E-state index in [1.807, 2.05) is 12.3 Å². The summed E-state index contributed by atoms with van der Waals surface area (Å²) in [6.07, 6.45) is 4.73. The topological polar surface area (TPSA) is 79.8 Å². The normalized spacial score (nSPS) is 10.1. The molecule has 2 rings (SSSR count). The molecule has 2 heterocycles. The number of carbonyl (C=O) groups is 1. The number of thiazole rings is 1. The summed E-state index contributed by atoms with van der Waals surface area (Å²) in [5, 5.41) is 8.49. The van der Waals surface area contributed by atoms with Crippen LogP contribution in [0.3, 0.4) is 0 Å². The van der Waals surface area contributed by atoms with E-state index in [2.05, 4.69) is 25.6 Å². The van der Waals surface area contributed by atoms with Crippen molar-refractivity contribution >= 4 is 23.1 Å². The molecular formula is C11H13N5OS. The molecule has 6 nitrogen and oxygen atoms in total. The summed E-state index contributed by atoms with van der Waals surface area (Å²) in [6.45, 7) is 3.10. The number of amides is 1. The molecule has 2 aromatic heterocycles. The highest BCUT2D eigenvalue weighted by Gasteiger charge is 2.08. The van der Waals surface area contributed by atoms with Gasteiger partial charge in [0.25, 0.3) is 5.91 Å². The molecule has 2 aromatic rings. The zero-order chi connectivity index (χ0) is 12.8. The van der Waals surface area contributed by atoms with Gasteiger partial charge in [0.1, 0.15) is 16.5 Å². The second-order valence-electron chi connectivity index (χ2n) is 3.43. The molecule has 1 amide bonds. The van der Waals surface area contributed by atoms with Crippen molar-refractivity contribution in [2.75, 3.05) is 11.9 Å². The van der Waals surface area contributed by atoms with Gasteiger partial charge in [-0.25, -0.2) is 9.97 Å². The highest BCUT2D eigenvalue weighted by atomic mass is 32.1. The van der Waals surface area contributed by atoms with Gasteiger partial charge in [0.2, 0.25) is 0 Å². The molecule has 94 valence electrons. The van der Waals surface area contributed by atoms with Crippen LogP contribution < -0.4 is 10.6 Å². The Bertz CT molecular complexity index is 514. The lowest BCUT2D eigenvalue weighted by Crippen LogP contribution is -2.24. The van der Waals surface area contributed by atoms with Crippen LogP contribution in [-0.4, -0.2) is 27.4 Å². The zero-order valence-electron chi connectivity index (χ0n) is 9.88. The predicted octanol–water partition coefficient (Wildman–Crippen LogP) is 1.29. The maximum atomic E-state index is 11.8. The smallest absolute Gasteiger partial charge is 0.271 e. The second kappa shape index (κ2) is 6.06. The molecule has 0 radical (unpaired) electrons. The Morgan fingerprint density at radius 1 is 1.44 bits per heavy atom. The fraction of sp³-hybridized carbons (Fsp3) is 0.273. The third-order valence-electron chi connectivity index (χ3n) is 2.11. The van der Waals surface area contributed by atoms with Crippen LogP contribution in [0.4, 0.5) is 5.82 Å². The fourth-order valence-electron chi connectivity index (χ4n) is 1.33. The Morgan fingerprint density at radius 3 is 3.06 bits per heavy atom. The van der Waals surface area contributed by atoms with Crippen molar-refractivity contribution in [2.24, 2.45) is 0 Å². The lowest BCUT2D eigenvalue weighted by molar-refractivity contribution is 0.0945. The van der Waals surface area contributed by atoms with Crippen molar-refractivity contribution in [1.29, 1.82) is 0 Å². The highest BCUT2D eigenvalue weighted by molar-refractivity contribution is 7.09. The van der Waals surface area contributed by atoms with E-state index in [4.69, 9.17) is 0 Å². The largest absolute Gasteiger partial charge is 0.369 e. The first-order valence-corrected chi connectivity index (χ1v) is 6.40. The number of nitrogens with zero attached hydrogens (tertiary/aromatic N) is 3. The van der Waals surface area contributed by atoms with Crippen LogP contribution in [-0.2, 0) is 6.54 Å². The average molecular weight is 263 g/mol. The Hall–Kier alpha value is -2.02. The van der Waals surface area contributed by atoms with Crippen LogP contribution in [0.5, 0.6) is 0 Å². The van der Waals surface area contributed by atoms with Crippen molar-refractivity contribution < 1.29 is 4.79 Å². The van der Waals surface area contributed by atoms with Crippen LogP contribution in [0.15, 0.2) is 24.0 Å². The molecule has 0 aliphatic heterocycles. The van der Waals surface area contributed by atoms with E-state index in [1.54, 1.807) is 12.4 Å². The van der Waals surface area contributed by atoms with Crippen LogP contribution in [0.25, 0.3) is 0 Å². The number of rotatable bonds is 5. The average Bonchev–Trinajstić information content (AvgIpc) is 2.90. The molecule has 2 N–H and O–H groups in total. The van der Waals surface area contributed by atoms with E-state index in [0.717, 1.165) is 11.6 Å². The molecule has 0 saturated heterocycles. The highest BCUT2D eigenvalue weighted by Crippen LogP contribution is 2.04. The zero-order valence-corrected chi connectivity index (χ0v) is 10.7. The van der Waals surface area contributed by atoms with E-state index in [0.29, 0.717) is 18.1 Å². The second-order valence-corrected chi connectivity index (χ2v) is 4.41. The molecule has 0 spiro atoms. The van der Waals surface area contributed by atoms with E-state index >= 15 is 0 Å². The Labute approximate surface area is 109 Å². The fourth-order valence-corrected chi connectivity index (χ4v) is 1.88. The van der Waals surface area contributed by atoms with Crippen molar-refractivity contribution in [2.45, 2.75) is 13.5 Å². The van der Waals surface area contributed by atoms with Crippen LogP contribution in [0.1, 0.15) is 22.4 Å². The van der Waals surface area contributed by atoms with Gasteiger partial charge in [0.15, 0.2) is 0 Å². The van der Waals surface area contributed by atoms with E-state index in [9.17, 15) is 4.79 Å². The molecule has 0 bridgehead atoms. The summed E-state index contributed by atoms with van der Waals surface area (Å²) in [7, 11) is 0. The van der Waals surface area contributed by atoms with Crippen molar-refractivity contribution in [3.63, 3.8) is 0 Å². The van der Waals surface area contributed by atoms with Gasteiger partial charge in [-0.15, -0.1) is 11.3 Å². The van der Waals surface area contributed by atoms with Gasteiger partial charge < -0.3 is 10.6 Å². The molecule has 0 fully saturated rings. The van der Waals surface area contributed by atoms with E-state index < -0.39 is 0 Å². The van der Waals surface area contributed by atoms with Gasteiger partial charge in [-0.3, -0.25) is 9.78 Å². The summed E-state index contributed by atoms with van der Waals surface area (Å²) in [4.78, 5) is 24.0. The van der Waals surface area contributed by atoms with Gasteiger partial charge >= 0.3 is 0 Å². The van der Waals surface area contributed by atoms with Crippen molar-refractivity contribution in [3.05, 3.63) is 34.7 Å². The maximum Gasteiger partial charge on any atom is 0.271 e. The van der Waals surface area contributed by atoms with Gasteiger partial charge in [0, 0.05) is 18.1 Å². The summed E-state index contributed by atoms with van der Waals surface area (Å²) >= 11 is 1.50. The summed E-state index contributed by atoms with van der Waals surface area (Å²) in [6, 6.07) is 0. The molecule has 0 aliphatic carbocycles. The first-order valence-electron chi connectivity index (χ1n) is 5.52. The lowest BCUT2D eigenvalue weighted by atomic mass is 10.4. The molecule has 0 unspecified atom stereocenters. The Kier molecular flexibility index (Phi) is 4.19. The molecule has 7 heteroatoms. The first-order chi connectivity index (χ1) is 8.79. The SMILES string of the molecule is CCNc1cncc(C(=O)NCc2nccs2)n1. The van der Waals surface area contributed by atoms with Gasteiger partial charge in [-0.05, 0) is 6.92 Å². The first kappa shape index (κ1) is 12.4. The Morgan fingerprint density at radius 2 is 2.33 bits per heavy atom. The third kappa shape index (κ3) is 3.24. The van der Waals surface area contributed by atoms with Crippen molar-refractivity contribution in [1.82, 2.24) is 20.3 Å². The minimum Gasteiger partial charge on any atom is -0.369 e. The number of hydrogen-bond donors (Lipinski definition) is 2. The van der Waals surface area contributed by atoms with Gasteiger partial charge in [-0.1, -0.05) is 0 Å². The summed E-state index contributed by atoms with van der Waals surface area (Å²) < 4.78 is 0. The van der Waals surface area contributed by atoms with Crippen LogP contribution in [0.2, 0.25) is 0 Å². The minimum absolute atomic E-state index is 0.252. The minimum atomic E-state index is -0.252. The standard InChI is InChI=1S/C11H13N5OS/c1-2-13-9-6-12-5-8(16-9)11(17)15-7-10-14-3-4-18-10/h3-6H,2,7H2,1H3,(H,13,16)(H,15,17). The maximum absolute atomic E-state index is 11.8. The van der Waals surface area contributed by atoms with E-state index in [1.165, 1.54) is 17.5 Å². The van der Waals surface area contributed by atoms with Crippen LogP contribution >= 0.6 is 11.3 Å². The number of nitrogens with one attached hydrogen (secondary N) is 2. The van der Waals surface area contributed by atoms with E-state index in [-0.39, 0.29) is 5.91 Å². The van der Waals surface area contributed by atoms with Gasteiger partial charge in [0.05, 0.1) is 18.9 Å².